The number of para-hydroxylation sites is 4. The van der Waals surface area contributed by atoms with Gasteiger partial charge in [-0.3, -0.25) is 0 Å². The average Bonchev–Trinajstić information content (AvgIpc) is 2.94. The van der Waals surface area contributed by atoms with Crippen molar-refractivity contribution in [1.82, 2.24) is 9.97 Å². The van der Waals surface area contributed by atoms with Crippen LogP contribution in [0.4, 0.5) is 17.1 Å². The topological polar surface area (TPSA) is 84.8 Å². The number of ether oxygens (including phenoxy) is 2. The molecule has 7 rings (SSSR count). The molecule has 1 N–H and O–H groups in total. The maximum absolute atomic E-state index is 10.1. The fourth-order valence-corrected chi connectivity index (χ4v) is 4.10. The number of hydrogen-bond acceptors (Lipinski definition) is 6. The Morgan fingerprint density at radius 2 is 1.38 bits per heavy atom. The molecule has 0 atom stereocenters. The maximum atomic E-state index is 10.1. The Morgan fingerprint density at radius 1 is 0.757 bits per heavy atom. The molecule has 5 aromatic rings. The van der Waals surface area contributed by atoms with Crippen molar-refractivity contribution in [2.24, 2.45) is 0 Å². The van der Waals surface area contributed by atoms with Crippen molar-refractivity contribution in [2.45, 2.75) is 0 Å². The smallest absolute Gasteiger partial charge is 0.354 e. The Morgan fingerprint density at radius 3 is 1.97 bits per heavy atom. The first-order chi connectivity index (χ1) is 17.7. The molecule has 8 heteroatoms. The number of carboxylic acid groups (broad SMARTS) is 1. The van der Waals surface area contributed by atoms with E-state index in [4.69, 9.17) is 14.6 Å². The van der Waals surface area contributed by atoms with E-state index >= 15 is 0 Å². The third-order valence-corrected chi connectivity index (χ3v) is 5.66. The van der Waals surface area contributed by atoms with Gasteiger partial charge < -0.3 is 24.5 Å². The number of hydrogen-bond donors (Lipinski definition) is 1. The summed E-state index contributed by atoms with van der Waals surface area (Å²) in [5.74, 6) is 1.99. The van der Waals surface area contributed by atoms with Gasteiger partial charge in [0.1, 0.15) is 17.2 Å². The first-order valence-corrected chi connectivity index (χ1v) is 11.2. The Hall–Kier alpha value is -4.52. The molecule has 0 unspecified atom stereocenters. The van der Waals surface area contributed by atoms with Crippen LogP contribution in [0.1, 0.15) is 10.5 Å². The number of aromatic nitrogens is 2. The molecule has 0 amide bonds. The van der Waals surface area contributed by atoms with Gasteiger partial charge in [-0.05, 0) is 48.2 Å². The van der Waals surface area contributed by atoms with Crippen LogP contribution < -0.4 is 14.4 Å². The molecule has 0 spiro atoms. The van der Waals surface area contributed by atoms with Gasteiger partial charge in [-0.2, -0.15) is 0 Å². The SMILES string of the molecule is O=C(O)c1ccccn1.[Ir].[c-]1c(-c2ccccn2)cc2c3c1Oc1ccccc1N3c1ccccc1O2. The third-order valence-electron chi connectivity index (χ3n) is 5.66. The quantitative estimate of drug-likeness (QED) is 0.199. The molecule has 4 heterocycles. The van der Waals surface area contributed by atoms with E-state index in [-0.39, 0.29) is 25.8 Å². The third kappa shape index (κ3) is 4.56. The second-order valence-corrected chi connectivity index (χ2v) is 7.94. The normalized spacial score (nSPS) is 11.6. The predicted molar refractivity (Wildman–Crippen MR) is 135 cm³/mol. The number of anilines is 3. The van der Waals surface area contributed by atoms with Crippen molar-refractivity contribution >= 4 is 23.0 Å². The molecule has 0 saturated carbocycles. The minimum Gasteiger partial charge on any atom is -0.477 e. The van der Waals surface area contributed by atoms with Crippen LogP contribution >= 0.6 is 0 Å². The van der Waals surface area contributed by atoms with Gasteiger partial charge in [0.2, 0.25) is 0 Å². The molecule has 2 aliphatic rings. The van der Waals surface area contributed by atoms with E-state index in [1.807, 2.05) is 60.7 Å². The summed E-state index contributed by atoms with van der Waals surface area (Å²) >= 11 is 0. The van der Waals surface area contributed by atoms with Crippen molar-refractivity contribution in [2.75, 3.05) is 4.90 Å². The summed E-state index contributed by atoms with van der Waals surface area (Å²) in [5, 5.41) is 8.32. The van der Waals surface area contributed by atoms with Gasteiger partial charge in [0, 0.05) is 38.2 Å². The first-order valence-electron chi connectivity index (χ1n) is 11.2. The van der Waals surface area contributed by atoms with E-state index in [1.165, 1.54) is 12.3 Å². The second kappa shape index (κ2) is 10.2. The number of rotatable bonds is 2. The standard InChI is InChI=1S/C23H13N2O2.C6H5NO2.Ir/c1-3-10-19-17(8-1)25-18-9-2-4-11-20(18)27-22-14-15(13-21(26-19)23(22)25)16-7-5-6-12-24-16;8-6(9)5-3-1-2-4-7-5;/h1-13H;1-4H,(H,8,9);/q-1;;. The molecule has 1 radical (unpaired) electrons. The van der Waals surface area contributed by atoms with E-state index in [0.717, 1.165) is 45.6 Å². The van der Waals surface area contributed by atoms with Crippen LogP contribution in [0.25, 0.3) is 11.3 Å². The fraction of sp³-hybridized carbons (Fsp3) is 0. The van der Waals surface area contributed by atoms with E-state index in [1.54, 1.807) is 18.3 Å². The molecule has 3 aromatic carbocycles. The predicted octanol–water partition coefficient (Wildman–Crippen LogP) is 7.01. The van der Waals surface area contributed by atoms with Gasteiger partial charge in [0.25, 0.3) is 0 Å². The van der Waals surface area contributed by atoms with Crippen molar-refractivity contribution in [3.63, 3.8) is 0 Å². The average molecular weight is 665 g/mol. The minimum atomic E-state index is -0.990. The van der Waals surface area contributed by atoms with Gasteiger partial charge in [0.05, 0.1) is 22.9 Å². The van der Waals surface area contributed by atoms with E-state index in [9.17, 15) is 4.79 Å². The van der Waals surface area contributed by atoms with Crippen molar-refractivity contribution in [1.29, 1.82) is 0 Å². The molecule has 7 nitrogen and oxygen atoms in total. The summed E-state index contributed by atoms with van der Waals surface area (Å²) < 4.78 is 12.4. The van der Waals surface area contributed by atoms with E-state index < -0.39 is 5.97 Å². The zero-order valence-corrected chi connectivity index (χ0v) is 21.6. The summed E-state index contributed by atoms with van der Waals surface area (Å²) in [6.07, 6.45) is 3.22. The molecule has 0 aliphatic carbocycles. The zero-order chi connectivity index (χ0) is 24.5. The monoisotopic (exact) mass is 665 g/mol. The van der Waals surface area contributed by atoms with Crippen molar-refractivity contribution in [3.8, 4) is 34.3 Å². The molecular weight excluding hydrogens is 647 g/mol. The minimum absolute atomic E-state index is 0. The molecule has 0 bridgehead atoms. The molecule has 2 aromatic heterocycles. The van der Waals surface area contributed by atoms with Crippen LogP contribution in [0, 0.1) is 6.07 Å². The van der Waals surface area contributed by atoms with Crippen LogP contribution in [-0.4, -0.2) is 21.0 Å². The van der Waals surface area contributed by atoms with Gasteiger partial charge in [-0.25, -0.2) is 9.78 Å². The number of nitrogens with zero attached hydrogens (tertiary/aromatic N) is 3. The Labute approximate surface area is 226 Å². The van der Waals surface area contributed by atoms with Crippen LogP contribution in [0.5, 0.6) is 23.0 Å². The van der Waals surface area contributed by atoms with Crippen molar-refractivity contribution in [3.05, 3.63) is 115 Å². The summed E-state index contributed by atoms with van der Waals surface area (Å²) in [4.78, 5) is 20.3. The summed E-state index contributed by atoms with van der Waals surface area (Å²) in [7, 11) is 0. The zero-order valence-electron chi connectivity index (χ0n) is 19.2. The number of carbonyl (C=O) groups is 1. The van der Waals surface area contributed by atoms with Crippen LogP contribution in [0.15, 0.2) is 103 Å². The number of pyridine rings is 2. The van der Waals surface area contributed by atoms with Gasteiger partial charge in [0.15, 0.2) is 0 Å². The summed E-state index contributed by atoms with van der Waals surface area (Å²) in [6, 6.07) is 31.9. The molecule has 37 heavy (non-hydrogen) atoms. The molecular formula is C29H18IrN3O4-. The fourth-order valence-electron chi connectivity index (χ4n) is 4.10. The van der Waals surface area contributed by atoms with Crippen molar-refractivity contribution < 1.29 is 39.5 Å². The van der Waals surface area contributed by atoms with E-state index in [2.05, 4.69) is 33.1 Å². The van der Waals surface area contributed by atoms with Gasteiger partial charge in [-0.1, -0.05) is 54.6 Å². The number of aromatic carboxylic acids is 1. The maximum Gasteiger partial charge on any atom is 0.354 e. The van der Waals surface area contributed by atoms with Gasteiger partial charge >= 0.3 is 5.97 Å². The number of fused-ring (bicyclic) bond motifs is 4. The molecule has 0 fully saturated rings. The van der Waals surface area contributed by atoms with Crippen LogP contribution in [0.2, 0.25) is 0 Å². The first kappa shape index (κ1) is 24.2. The Bertz CT molecular complexity index is 1510. The number of carboxylic acids is 1. The van der Waals surface area contributed by atoms with Crippen LogP contribution in [0.3, 0.4) is 0 Å². The summed E-state index contributed by atoms with van der Waals surface area (Å²) in [5.41, 5.74) is 4.59. The van der Waals surface area contributed by atoms with Gasteiger partial charge in [-0.15, -0.1) is 5.56 Å². The Kier molecular flexibility index (Phi) is 6.68. The molecule has 183 valence electrons. The second-order valence-electron chi connectivity index (χ2n) is 7.94. The number of benzene rings is 3. The molecule has 0 saturated heterocycles. The molecule has 2 aliphatic heterocycles. The van der Waals surface area contributed by atoms with Crippen LogP contribution in [-0.2, 0) is 20.1 Å². The largest absolute Gasteiger partial charge is 0.477 e. The van der Waals surface area contributed by atoms with E-state index in [0.29, 0.717) is 5.75 Å². The Balaban J connectivity index is 0.000000241. The summed E-state index contributed by atoms with van der Waals surface area (Å²) in [6.45, 7) is 0.